The number of carbonyl (C=O) groups excluding carboxylic acids is 3. The average molecular weight is 497 g/mol. The van der Waals surface area contributed by atoms with Gasteiger partial charge in [-0.2, -0.15) is 0 Å². The van der Waals surface area contributed by atoms with E-state index in [4.69, 9.17) is 4.74 Å². The molecule has 4 aliphatic rings. The molecule has 3 fully saturated rings. The van der Waals surface area contributed by atoms with Gasteiger partial charge in [-0.3, -0.25) is 9.59 Å². The number of fused-ring (bicyclic) bond motifs is 5. The molecule has 36 heavy (non-hydrogen) atoms. The van der Waals surface area contributed by atoms with Crippen LogP contribution in [-0.4, -0.2) is 51.7 Å². The van der Waals surface area contributed by atoms with E-state index in [-0.39, 0.29) is 23.7 Å². The normalized spacial score (nSPS) is 43.2. The summed E-state index contributed by atoms with van der Waals surface area (Å²) in [4.78, 5) is 38.8. The lowest BCUT2D eigenvalue weighted by molar-refractivity contribution is -0.219. The third-order valence-corrected chi connectivity index (χ3v) is 10.0. The van der Waals surface area contributed by atoms with E-state index in [1.54, 1.807) is 57.2 Å². The first kappa shape index (κ1) is 25.0. The Balaban J connectivity index is 1.61. The summed E-state index contributed by atoms with van der Waals surface area (Å²) in [5, 5.41) is 21.5. The maximum absolute atomic E-state index is 17.4. The number of ketones is 2. The van der Waals surface area contributed by atoms with Gasteiger partial charge in [-0.15, -0.1) is 0 Å². The SMILES string of the molecule is C[C@H]1C[C@H]2[C@H]3CCC4=CC(=O)C=CC4(C)[C@@]3(F)[C@@H](O)CC2(C)[C@]1(OC(=O)c1ccccc1)C(=O)CO. The van der Waals surface area contributed by atoms with Crippen molar-refractivity contribution < 1.29 is 33.7 Å². The Morgan fingerprint density at radius 1 is 1.17 bits per heavy atom. The number of esters is 1. The molecule has 0 bridgehead atoms. The van der Waals surface area contributed by atoms with Crippen LogP contribution in [0.3, 0.4) is 0 Å². The van der Waals surface area contributed by atoms with Gasteiger partial charge in [0, 0.05) is 22.7 Å². The Hall–Kier alpha value is -2.64. The van der Waals surface area contributed by atoms with E-state index in [9.17, 15) is 24.6 Å². The maximum atomic E-state index is 17.4. The number of aliphatic hydroxyl groups is 2. The first-order valence-corrected chi connectivity index (χ1v) is 12.7. The highest BCUT2D eigenvalue weighted by atomic mass is 19.1. The monoisotopic (exact) mass is 496 g/mol. The zero-order chi connectivity index (χ0) is 26.1. The van der Waals surface area contributed by atoms with Crippen LogP contribution in [0.5, 0.6) is 0 Å². The smallest absolute Gasteiger partial charge is 0.339 e. The topological polar surface area (TPSA) is 101 Å². The van der Waals surface area contributed by atoms with Gasteiger partial charge in [-0.25, -0.2) is 9.18 Å². The number of alkyl halides is 1. The highest BCUT2D eigenvalue weighted by Gasteiger charge is 2.77. The van der Waals surface area contributed by atoms with Crippen LogP contribution in [0.25, 0.3) is 0 Å². The molecule has 4 aliphatic carbocycles. The minimum Gasteiger partial charge on any atom is -0.446 e. The molecule has 0 saturated heterocycles. The van der Waals surface area contributed by atoms with Gasteiger partial charge in [-0.1, -0.05) is 43.7 Å². The average Bonchev–Trinajstić information content (AvgIpc) is 3.07. The van der Waals surface area contributed by atoms with Crippen molar-refractivity contribution in [3.8, 4) is 0 Å². The molecule has 0 aromatic heterocycles. The molecule has 0 aliphatic heterocycles. The van der Waals surface area contributed by atoms with Crippen molar-refractivity contribution >= 4 is 17.5 Å². The molecule has 2 unspecified atom stereocenters. The zero-order valence-electron chi connectivity index (χ0n) is 20.9. The van der Waals surface area contributed by atoms with E-state index in [1.165, 1.54) is 12.2 Å². The van der Waals surface area contributed by atoms with E-state index in [1.807, 2.05) is 0 Å². The summed E-state index contributed by atoms with van der Waals surface area (Å²) in [5.74, 6) is -3.01. The van der Waals surface area contributed by atoms with E-state index < -0.39 is 58.4 Å². The van der Waals surface area contributed by atoms with Crippen LogP contribution in [0.15, 0.2) is 54.1 Å². The fraction of sp³-hybridized carbons (Fsp3) is 0.552. The van der Waals surface area contributed by atoms with E-state index >= 15 is 4.39 Å². The van der Waals surface area contributed by atoms with Gasteiger partial charge in [-0.05, 0) is 62.8 Å². The number of Topliss-reactive ketones (excluding diaryl/α,β-unsaturated/α-hetero) is 1. The molecule has 7 heteroatoms. The molecule has 6 nitrogen and oxygen atoms in total. The molecule has 0 amide bonds. The lowest BCUT2D eigenvalue weighted by Crippen LogP contribution is -2.70. The van der Waals surface area contributed by atoms with Crippen LogP contribution in [0.1, 0.15) is 56.8 Å². The Morgan fingerprint density at radius 3 is 2.53 bits per heavy atom. The van der Waals surface area contributed by atoms with Crippen molar-refractivity contribution in [3.05, 3.63) is 59.7 Å². The minimum absolute atomic E-state index is 0.118. The second-order valence-electron chi connectivity index (χ2n) is 11.5. The number of halogens is 1. The van der Waals surface area contributed by atoms with Crippen molar-refractivity contribution in [2.24, 2.45) is 28.6 Å². The molecule has 0 heterocycles. The first-order chi connectivity index (χ1) is 17.0. The van der Waals surface area contributed by atoms with Crippen LogP contribution in [-0.2, 0) is 14.3 Å². The number of benzene rings is 1. The molecule has 8 atom stereocenters. The maximum Gasteiger partial charge on any atom is 0.339 e. The fourth-order valence-electron chi connectivity index (χ4n) is 8.30. The Bertz CT molecular complexity index is 1180. The van der Waals surface area contributed by atoms with Crippen LogP contribution in [0.4, 0.5) is 4.39 Å². The lowest BCUT2D eigenvalue weighted by atomic mass is 9.44. The van der Waals surface area contributed by atoms with Crippen molar-refractivity contribution in [2.75, 3.05) is 6.61 Å². The molecule has 192 valence electrons. The molecule has 1 aromatic rings. The number of allylic oxidation sites excluding steroid dienone is 4. The fourth-order valence-corrected chi connectivity index (χ4v) is 8.30. The highest BCUT2D eigenvalue weighted by molar-refractivity contribution is 6.01. The predicted octanol–water partition coefficient (Wildman–Crippen LogP) is 3.76. The minimum atomic E-state index is -2.06. The number of aliphatic hydroxyl groups excluding tert-OH is 2. The van der Waals surface area contributed by atoms with Crippen molar-refractivity contribution in [2.45, 2.75) is 63.8 Å². The van der Waals surface area contributed by atoms with Gasteiger partial charge in [0.15, 0.2) is 17.1 Å². The van der Waals surface area contributed by atoms with Gasteiger partial charge < -0.3 is 14.9 Å². The molecule has 0 radical (unpaired) electrons. The largest absolute Gasteiger partial charge is 0.446 e. The summed E-state index contributed by atoms with van der Waals surface area (Å²) in [7, 11) is 0. The van der Waals surface area contributed by atoms with Crippen LogP contribution < -0.4 is 0 Å². The van der Waals surface area contributed by atoms with Gasteiger partial charge in [0.2, 0.25) is 5.78 Å². The summed E-state index contributed by atoms with van der Waals surface area (Å²) >= 11 is 0. The predicted molar refractivity (Wildman–Crippen MR) is 130 cm³/mol. The van der Waals surface area contributed by atoms with Crippen LogP contribution in [0.2, 0.25) is 0 Å². The molecule has 5 rings (SSSR count). The second kappa shape index (κ2) is 8.18. The van der Waals surface area contributed by atoms with Crippen molar-refractivity contribution in [1.82, 2.24) is 0 Å². The quantitative estimate of drug-likeness (QED) is 0.616. The number of hydrogen-bond acceptors (Lipinski definition) is 6. The van der Waals surface area contributed by atoms with Gasteiger partial charge in [0.05, 0.1) is 11.7 Å². The summed E-state index contributed by atoms with van der Waals surface area (Å²) < 4.78 is 23.4. The van der Waals surface area contributed by atoms with Crippen LogP contribution >= 0.6 is 0 Å². The number of rotatable bonds is 4. The third kappa shape index (κ3) is 2.99. The summed E-state index contributed by atoms with van der Waals surface area (Å²) in [6.07, 6.45) is 4.16. The van der Waals surface area contributed by atoms with Crippen LogP contribution in [0, 0.1) is 28.6 Å². The Kier molecular flexibility index (Phi) is 5.69. The number of hydrogen-bond donors (Lipinski definition) is 2. The van der Waals surface area contributed by atoms with Gasteiger partial charge in [0.1, 0.15) is 6.61 Å². The first-order valence-electron chi connectivity index (χ1n) is 12.7. The van der Waals surface area contributed by atoms with Crippen molar-refractivity contribution in [1.29, 1.82) is 0 Å². The highest BCUT2D eigenvalue weighted by Crippen LogP contribution is 2.71. The number of carbonyl (C=O) groups is 3. The standard InChI is InChI=1S/C29H33FO6/c1-17-13-22-21-10-9-19-14-20(32)11-12-26(19,2)28(21,30)23(33)15-27(22,3)29(17,24(34)16-31)36-25(35)18-7-5-4-6-8-18/h4-8,11-12,14,17,21-23,31,33H,9-10,13,15-16H2,1-3H3/t17-,21+,22-,23-,26?,27?,28-,29+/m0/s1. The van der Waals surface area contributed by atoms with Gasteiger partial charge >= 0.3 is 5.97 Å². The van der Waals surface area contributed by atoms with E-state index in [0.717, 1.165) is 0 Å². The van der Waals surface area contributed by atoms with Gasteiger partial charge in [0.25, 0.3) is 0 Å². The molecule has 2 N–H and O–H groups in total. The van der Waals surface area contributed by atoms with Crippen molar-refractivity contribution in [3.63, 3.8) is 0 Å². The molecule has 3 saturated carbocycles. The molecular weight excluding hydrogens is 463 g/mol. The summed E-state index contributed by atoms with van der Waals surface area (Å²) in [5.41, 5.74) is -5.06. The second-order valence-corrected chi connectivity index (χ2v) is 11.5. The molecule has 0 spiro atoms. The molecular formula is C29H33FO6. The summed E-state index contributed by atoms with van der Waals surface area (Å²) in [6, 6.07) is 8.33. The van der Waals surface area contributed by atoms with E-state index in [2.05, 4.69) is 0 Å². The Morgan fingerprint density at radius 2 is 1.86 bits per heavy atom. The number of ether oxygens (including phenoxy) is 1. The van der Waals surface area contributed by atoms with E-state index in [0.29, 0.717) is 24.8 Å². The zero-order valence-corrected chi connectivity index (χ0v) is 20.9. The lowest BCUT2D eigenvalue weighted by Gasteiger charge is -2.62. The molecule has 1 aromatic carbocycles. The Labute approximate surface area is 210 Å². The summed E-state index contributed by atoms with van der Waals surface area (Å²) in [6.45, 7) is 4.51. The third-order valence-electron chi connectivity index (χ3n) is 10.0.